The lowest BCUT2D eigenvalue weighted by Crippen LogP contribution is -2.30. The van der Waals surface area contributed by atoms with Crippen molar-refractivity contribution in [3.8, 4) is 5.75 Å². The Morgan fingerprint density at radius 1 is 1.00 bits per heavy atom. The Balaban J connectivity index is 2.14. The van der Waals surface area contributed by atoms with Crippen molar-refractivity contribution in [1.82, 2.24) is 4.90 Å². The number of ether oxygens (including phenoxy) is 1. The number of nitrogens with zero attached hydrogens (tertiary/aromatic N) is 1. The van der Waals surface area contributed by atoms with Crippen LogP contribution in [0.3, 0.4) is 0 Å². The summed E-state index contributed by atoms with van der Waals surface area (Å²) in [5, 5.41) is 0. The molecular weight excluding hydrogens is 274 g/mol. The second-order valence-corrected chi connectivity index (χ2v) is 5.16. The number of benzene rings is 2. The molecule has 2 aromatic carbocycles. The van der Waals surface area contributed by atoms with E-state index in [4.69, 9.17) is 4.74 Å². The minimum absolute atomic E-state index is 0.0915. The molecule has 0 aromatic heterocycles. The lowest BCUT2D eigenvalue weighted by atomic mass is 10.0. The summed E-state index contributed by atoms with van der Waals surface area (Å²) < 4.78 is 5.38. The molecule has 3 nitrogen and oxygen atoms in total. The molecule has 0 spiro atoms. The van der Waals surface area contributed by atoms with Crippen LogP contribution in [0.2, 0.25) is 0 Å². The van der Waals surface area contributed by atoms with Gasteiger partial charge in [0.1, 0.15) is 5.75 Å². The second-order valence-electron chi connectivity index (χ2n) is 5.16. The molecular formula is C19H23NO2. The smallest absolute Gasteiger partial charge is 0.253 e. The zero-order chi connectivity index (χ0) is 15.9. The number of methoxy groups -OCH3 is 1. The van der Waals surface area contributed by atoms with E-state index < -0.39 is 0 Å². The Morgan fingerprint density at radius 3 is 2.23 bits per heavy atom. The molecule has 0 heterocycles. The molecule has 2 rings (SSSR count). The van der Waals surface area contributed by atoms with Gasteiger partial charge in [0.05, 0.1) is 7.11 Å². The highest BCUT2D eigenvalue weighted by Gasteiger charge is 2.12. The molecule has 0 aliphatic heterocycles. The van der Waals surface area contributed by atoms with Crippen LogP contribution in [0.1, 0.15) is 35.3 Å². The fourth-order valence-electron chi connectivity index (χ4n) is 2.53. The van der Waals surface area contributed by atoms with Crippen molar-refractivity contribution in [3.63, 3.8) is 0 Å². The summed E-state index contributed by atoms with van der Waals surface area (Å²) in [6.45, 7) is 5.46. The SMILES string of the molecule is CCN(CC)C(=O)c1ccc(Cc2ccccc2OC)cc1. The van der Waals surface area contributed by atoms with Gasteiger partial charge in [-0.05, 0) is 43.2 Å². The molecule has 0 atom stereocenters. The minimum atomic E-state index is 0.0915. The molecule has 0 radical (unpaired) electrons. The molecule has 2 aromatic rings. The van der Waals surface area contributed by atoms with E-state index in [9.17, 15) is 4.79 Å². The number of para-hydroxylation sites is 1. The number of carbonyl (C=O) groups is 1. The van der Waals surface area contributed by atoms with Gasteiger partial charge in [-0.2, -0.15) is 0 Å². The zero-order valence-corrected chi connectivity index (χ0v) is 13.5. The molecule has 0 saturated carbocycles. The Bertz CT molecular complexity index is 616. The molecule has 0 aliphatic rings. The van der Waals surface area contributed by atoms with E-state index in [0.29, 0.717) is 0 Å². The molecule has 0 aliphatic carbocycles. The van der Waals surface area contributed by atoms with Gasteiger partial charge in [-0.3, -0.25) is 4.79 Å². The van der Waals surface area contributed by atoms with Crippen LogP contribution in [0.25, 0.3) is 0 Å². The van der Waals surface area contributed by atoms with Crippen molar-refractivity contribution >= 4 is 5.91 Å². The van der Waals surface area contributed by atoms with Crippen LogP contribution < -0.4 is 4.74 Å². The van der Waals surface area contributed by atoms with E-state index in [1.54, 1.807) is 7.11 Å². The van der Waals surface area contributed by atoms with E-state index in [1.807, 2.05) is 61.2 Å². The van der Waals surface area contributed by atoms with Crippen molar-refractivity contribution in [2.24, 2.45) is 0 Å². The summed E-state index contributed by atoms with van der Waals surface area (Å²) in [5.74, 6) is 0.986. The topological polar surface area (TPSA) is 29.5 Å². The number of rotatable bonds is 6. The monoisotopic (exact) mass is 297 g/mol. The van der Waals surface area contributed by atoms with Gasteiger partial charge in [0.25, 0.3) is 5.91 Å². The minimum Gasteiger partial charge on any atom is -0.496 e. The summed E-state index contributed by atoms with van der Waals surface area (Å²) in [6.07, 6.45) is 0.795. The predicted molar refractivity (Wildman–Crippen MR) is 89.5 cm³/mol. The van der Waals surface area contributed by atoms with Crippen molar-refractivity contribution in [1.29, 1.82) is 0 Å². The zero-order valence-electron chi connectivity index (χ0n) is 13.5. The molecule has 1 amide bonds. The third-order valence-electron chi connectivity index (χ3n) is 3.84. The molecule has 0 saturated heterocycles. The number of hydrogen-bond donors (Lipinski definition) is 0. The van der Waals surface area contributed by atoms with E-state index in [0.717, 1.165) is 36.4 Å². The highest BCUT2D eigenvalue weighted by Crippen LogP contribution is 2.21. The summed E-state index contributed by atoms with van der Waals surface area (Å²) in [4.78, 5) is 14.1. The third kappa shape index (κ3) is 3.67. The lowest BCUT2D eigenvalue weighted by molar-refractivity contribution is 0.0773. The normalized spacial score (nSPS) is 10.3. The molecule has 0 N–H and O–H groups in total. The van der Waals surface area contributed by atoms with Crippen molar-refractivity contribution in [2.75, 3.05) is 20.2 Å². The summed E-state index contributed by atoms with van der Waals surface area (Å²) in [5.41, 5.74) is 3.06. The average molecular weight is 297 g/mol. The average Bonchev–Trinajstić information content (AvgIpc) is 2.57. The van der Waals surface area contributed by atoms with Crippen LogP contribution in [-0.2, 0) is 6.42 Å². The maximum Gasteiger partial charge on any atom is 0.253 e. The van der Waals surface area contributed by atoms with Crippen LogP contribution in [0.15, 0.2) is 48.5 Å². The van der Waals surface area contributed by atoms with Gasteiger partial charge in [0.2, 0.25) is 0 Å². The van der Waals surface area contributed by atoms with Gasteiger partial charge in [-0.15, -0.1) is 0 Å². The van der Waals surface area contributed by atoms with Crippen LogP contribution >= 0.6 is 0 Å². The first kappa shape index (κ1) is 16.1. The highest BCUT2D eigenvalue weighted by atomic mass is 16.5. The first-order chi connectivity index (χ1) is 10.7. The van der Waals surface area contributed by atoms with E-state index in [2.05, 4.69) is 6.07 Å². The Hall–Kier alpha value is -2.29. The molecule has 22 heavy (non-hydrogen) atoms. The molecule has 0 unspecified atom stereocenters. The summed E-state index contributed by atoms with van der Waals surface area (Å²) in [6, 6.07) is 15.9. The molecule has 3 heteroatoms. The van der Waals surface area contributed by atoms with Gasteiger partial charge >= 0.3 is 0 Å². The standard InChI is InChI=1S/C19H23NO2/c1-4-20(5-2)19(21)16-12-10-15(11-13-16)14-17-8-6-7-9-18(17)22-3/h6-13H,4-5,14H2,1-3H3. The first-order valence-corrected chi connectivity index (χ1v) is 7.69. The maximum absolute atomic E-state index is 12.3. The van der Waals surface area contributed by atoms with Crippen molar-refractivity contribution in [2.45, 2.75) is 20.3 Å². The van der Waals surface area contributed by atoms with Gasteiger partial charge < -0.3 is 9.64 Å². The Kier molecular flexibility index (Phi) is 5.59. The fraction of sp³-hybridized carbons (Fsp3) is 0.316. The fourth-order valence-corrected chi connectivity index (χ4v) is 2.53. The first-order valence-electron chi connectivity index (χ1n) is 7.69. The quantitative estimate of drug-likeness (QED) is 0.812. The van der Waals surface area contributed by atoms with Gasteiger partial charge in [0.15, 0.2) is 0 Å². The third-order valence-corrected chi connectivity index (χ3v) is 3.84. The van der Waals surface area contributed by atoms with E-state index >= 15 is 0 Å². The predicted octanol–water partition coefficient (Wildman–Crippen LogP) is 3.77. The van der Waals surface area contributed by atoms with Gasteiger partial charge in [0, 0.05) is 25.1 Å². The number of amides is 1. The van der Waals surface area contributed by atoms with Crippen LogP contribution in [0.4, 0.5) is 0 Å². The lowest BCUT2D eigenvalue weighted by Gasteiger charge is -2.18. The Morgan fingerprint density at radius 2 is 1.64 bits per heavy atom. The highest BCUT2D eigenvalue weighted by molar-refractivity contribution is 5.94. The second kappa shape index (κ2) is 7.64. The molecule has 0 fully saturated rings. The summed E-state index contributed by atoms with van der Waals surface area (Å²) in [7, 11) is 1.69. The van der Waals surface area contributed by atoms with Crippen molar-refractivity contribution in [3.05, 3.63) is 65.2 Å². The van der Waals surface area contributed by atoms with Crippen LogP contribution in [0, 0.1) is 0 Å². The van der Waals surface area contributed by atoms with E-state index in [1.165, 1.54) is 5.56 Å². The van der Waals surface area contributed by atoms with Crippen LogP contribution in [0.5, 0.6) is 5.75 Å². The van der Waals surface area contributed by atoms with Crippen molar-refractivity contribution < 1.29 is 9.53 Å². The maximum atomic E-state index is 12.3. The number of carbonyl (C=O) groups excluding carboxylic acids is 1. The summed E-state index contributed by atoms with van der Waals surface area (Å²) >= 11 is 0. The molecule has 0 bridgehead atoms. The molecule has 116 valence electrons. The van der Waals surface area contributed by atoms with Gasteiger partial charge in [-0.25, -0.2) is 0 Å². The largest absolute Gasteiger partial charge is 0.496 e. The number of hydrogen-bond acceptors (Lipinski definition) is 2. The van der Waals surface area contributed by atoms with Crippen LogP contribution in [-0.4, -0.2) is 31.0 Å². The Labute approximate surface area is 132 Å². The van der Waals surface area contributed by atoms with E-state index in [-0.39, 0.29) is 5.91 Å². The van der Waals surface area contributed by atoms with Gasteiger partial charge in [-0.1, -0.05) is 30.3 Å².